The number of aromatic nitrogens is 2. The molecule has 0 amide bonds. The van der Waals surface area contributed by atoms with Crippen LogP contribution in [0.25, 0.3) is 0 Å². The summed E-state index contributed by atoms with van der Waals surface area (Å²) in [6.45, 7) is 2.60. The molecule has 3 rings (SSSR count). The fraction of sp³-hybridized carbons (Fsp3) is 0.176. The topological polar surface area (TPSA) is 51.0 Å². The Morgan fingerprint density at radius 1 is 1.00 bits per heavy atom. The lowest BCUT2D eigenvalue weighted by molar-refractivity contribution is 0.378. The van der Waals surface area contributed by atoms with E-state index >= 15 is 0 Å². The second-order valence-corrected chi connectivity index (χ2v) is 4.99. The minimum atomic E-state index is 0.533. The lowest BCUT2D eigenvalue weighted by Gasteiger charge is -2.02. The van der Waals surface area contributed by atoms with Gasteiger partial charge in [0.1, 0.15) is 0 Å². The van der Waals surface area contributed by atoms with E-state index in [0.29, 0.717) is 24.7 Å². The third-order valence-electron chi connectivity index (χ3n) is 3.21. The number of nitrogens with zero attached hydrogens (tertiary/aromatic N) is 2. The molecule has 21 heavy (non-hydrogen) atoms. The minimum absolute atomic E-state index is 0.533. The first-order valence-electron chi connectivity index (χ1n) is 6.95. The van der Waals surface area contributed by atoms with E-state index in [4.69, 9.17) is 4.52 Å². The zero-order chi connectivity index (χ0) is 14.5. The van der Waals surface area contributed by atoms with E-state index in [-0.39, 0.29) is 0 Å². The first kappa shape index (κ1) is 13.4. The van der Waals surface area contributed by atoms with Crippen molar-refractivity contribution in [2.45, 2.75) is 19.9 Å². The van der Waals surface area contributed by atoms with Gasteiger partial charge in [0, 0.05) is 12.1 Å². The maximum Gasteiger partial charge on any atom is 0.245 e. The van der Waals surface area contributed by atoms with E-state index in [2.05, 4.69) is 46.6 Å². The largest absolute Gasteiger partial charge is 0.376 e. The Bertz CT molecular complexity index is 690. The smallest absolute Gasteiger partial charge is 0.245 e. The second kappa shape index (κ2) is 6.22. The molecule has 0 saturated heterocycles. The van der Waals surface area contributed by atoms with Crippen molar-refractivity contribution in [3.05, 3.63) is 77.4 Å². The standard InChI is InChI=1S/C17H17N3O/c1-13-7-9-15(10-8-13)18-12-17-19-16(20-21-17)11-14-5-3-2-4-6-14/h2-10,18H,11-12H2,1H3. The fourth-order valence-corrected chi connectivity index (χ4v) is 2.06. The Morgan fingerprint density at radius 2 is 1.76 bits per heavy atom. The van der Waals surface area contributed by atoms with Gasteiger partial charge in [-0.15, -0.1) is 0 Å². The van der Waals surface area contributed by atoms with E-state index in [1.807, 2.05) is 30.3 Å². The Morgan fingerprint density at radius 3 is 2.52 bits per heavy atom. The summed E-state index contributed by atoms with van der Waals surface area (Å²) in [7, 11) is 0. The van der Waals surface area contributed by atoms with E-state index in [1.165, 1.54) is 11.1 Å². The van der Waals surface area contributed by atoms with Gasteiger partial charge in [-0.05, 0) is 24.6 Å². The number of hydrogen-bond donors (Lipinski definition) is 1. The van der Waals surface area contributed by atoms with Crippen LogP contribution in [0.4, 0.5) is 5.69 Å². The van der Waals surface area contributed by atoms with Crippen molar-refractivity contribution in [3.8, 4) is 0 Å². The van der Waals surface area contributed by atoms with Crippen LogP contribution in [0, 0.1) is 6.92 Å². The molecule has 106 valence electrons. The molecule has 0 fully saturated rings. The van der Waals surface area contributed by atoms with Crippen LogP contribution in [0.2, 0.25) is 0 Å². The summed E-state index contributed by atoms with van der Waals surface area (Å²) in [6, 6.07) is 18.3. The summed E-state index contributed by atoms with van der Waals surface area (Å²) in [4.78, 5) is 4.40. The van der Waals surface area contributed by atoms with E-state index in [9.17, 15) is 0 Å². The molecule has 0 aliphatic rings. The van der Waals surface area contributed by atoms with Crippen LogP contribution in [0.15, 0.2) is 59.1 Å². The lowest BCUT2D eigenvalue weighted by Crippen LogP contribution is -2.00. The maximum atomic E-state index is 5.26. The highest BCUT2D eigenvalue weighted by Crippen LogP contribution is 2.11. The number of rotatable bonds is 5. The molecule has 4 heteroatoms. The Kier molecular flexibility index (Phi) is 3.96. The predicted octanol–water partition coefficient (Wildman–Crippen LogP) is 3.58. The van der Waals surface area contributed by atoms with Crippen molar-refractivity contribution in [2.75, 3.05) is 5.32 Å². The van der Waals surface area contributed by atoms with Gasteiger partial charge < -0.3 is 9.84 Å². The Labute approximate surface area is 123 Å². The summed E-state index contributed by atoms with van der Waals surface area (Å²) >= 11 is 0. The highest BCUT2D eigenvalue weighted by atomic mass is 16.5. The molecule has 0 spiro atoms. The minimum Gasteiger partial charge on any atom is -0.376 e. The second-order valence-electron chi connectivity index (χ2n) is 4.99. The van der Waals surface area contributed by atoms with Gasteiger partial charge >= 0.3 is 0 Å². The van der Waals surface area contributed by atoms with Crippen molar-refractivity contribution in [2.24, 2.45) is 0 Å². The summed E-state index contributed by atoms with van der Waals surface area (Å²) in [6.07, 6.45) is 0.689. The van der Waals surface area contributed by atoms with Crippen molar-refractivity contribution in [3.63, 3.8) is 0 Å². The molecule has 0 aliphatic heterocycles. The summed E-state index contributed by atoms with van der Waals surface area (Å²) in [5, 5.41) is 7.28. The van der Waals surface area contributed by atoms with Crippen LogP contribution >= 0.6 is 0 Å². The molecule has 4 nitrogen and oxygen atoms in total. The third-order valence-corrected chi connectivity index (χ3v) is 3.21. The van der Waals surface area contributed by atoms with Crippen LogP contribution < -0.4 is 5.32 Å². The SMILES string of the molecule is Cc1ccc(NCc2nc(Cc3ccccc3)no2)cc1. The highest BCUT2D eigenvalue weighted by Gasteiger charge is 2.06. The number of anilines is 1. The maximum absolute atomic E-state index is 5.26. The molecular formula is C17H17N3O. The monoisotopic (exact) mass is 279 g/mol. The Hall–Kier alpha value is -2.62. The predicted molar refractivity (Wildman–Crippen MR) is 82.1 cm³/mol. The molecule has 0 atom stereocenters. The number of benzene rings is 2. The average Bonchev–Trinajstić information content (AvgIpc) is 2.95. The van der Waals surface area contributed by atoms with Crippen molar-refractivity contribution in [1.29, 1.82) is 0 Å². The quantitative estimate of drug-likeness (QED) is 0.775. The number of hydrogen-bond acceptors (Lipinski definition) is 4. The van der Waals surface area contributed by atoms with Crippen molar-refractivity contribution in [1.82, 2.24) is 10.1 Å². The fourth-order valence-electron chi connectivity index (χ4n) is 2.06. The van der Waals surface area contributed by atoms with Crippen molar-refractivity contribution >= 4 is 5.69 Å². The normalized spacial score (nSPS) is 10.5. The van der Waals surface area contributed by atoms with Crippen LogP contribution in [0.5, 0.6) is 0 Å². The molecule has 0 saturated carbocycles. The molecule has 2 aromatic carbocycles. The van der Waals surface area contributed by atoms with Crippen LogP contribution in [0.3, 0.4) is 0 Å². The summed E-state index contributed by atoms with van der Waals surface area (Å²) < 4.78 is 5.26. The van der Waals surface area contributed by atoms with Crippen molar-refractivity contribution < 1.29 is 4.52 Å². The van der Waals surface area contributed by atoms with E-state index in [0.717, 1.165) is 5.69 Å². The molecular weight excluding hydrogens is 262 g/mol. The van der Waals surface area contributed by atoms with E-state index in [1.54, 1.807) is 0 Å². The molecule has 1 aromatic heterocycles. The number of nitrogens with one attached hydrogen (secondary N) is 1. The molecule has 0 aliphatic carbocycles. The van der Waals surface area contributed by atoms with Gasteiger partial charge in [0.15, 0.2) is 5.82 Å². The zero-order valence-corrected chi connectivity index (χ0v) is 11.9. The highest BCUT2D eigenvalue weighted by molar-refractivity contribution is 5.44. The molecule has 1 N–H and O–H groups in total. The number of aryl methyl sites for hydroxylation is 1. The van der Waals surface area contributed by atoms with Gasteiger partial charge in [-0.2, -0.15) is 4.98 Å². The lowest BCUT2D eigenvalue weighted by atomic mass is 10.1. The van der Waals surface area contributed by atoms with Crippen LogP contribution in [-0.4, -0.2) is 10.1 Å². The first-order valence-corrected chi connectivity index (χ1v) is 6.95. The molecule has 1 heterocycles. The van der Waals surface area contributed by atoms with Crippen LogP contribution in [0.1, 0.15) is 22.8 Å². The van der Waals surface area contributed by atoms with Gasteiger partial charge in [-0.3, -0.25) is 0 Å². The molecule has 0 bridgehead atoms. The average molecular weight is 279 g/mol. The van der Waals surface area contributed by atoms with Crippen LogP contribution in [-0.2, 0) is 13.0 Å². The molecule has 0 radical (unpaired) electrons. The van der Waals surface area contributed by atoms with Gasteiger partial charge in [-0.25, -0.2) is 0 Å². The summed E-state index contributed by atoms with van der Waals surface area (Å²) in [5.41, 5.74) is 3.46. The Balaban J connectivity index is 1.59. The zero-order valence-electron chi connectivity index (χ0n) is 11.9. The molecule has 3 aromatic rings. The van der Waals surface area contributed by atoms with Gasteiger partial charge in [0.2, 0.25) is 5.89 Å². The molecule has 0 unspecified atom stereocenters. The van der Waals surface area contributed by atoms with Gasteiger partial charge in [-0.1, -0.05) is 53.2 Å². The van der Waals surface area contributed by atoms with Gasteiger partial charge in [0.25, 0.3) is 0 Å². The summed E-state index contributed by atoms with van der Waals surface area (Å²) in [5.74, 6) is 1.31. The third kappa shape index (κ3) is 3.69. The van der Waals surface area contributed by atoms with Gasteiger partial charge in [0.05, 0.1) is 6.54 Å². The first-order chi connectivity index (χ1) is 10.3. The van der Waals surface area contributed by atoms with E-state index < -0.39 is 0 Å².